The molecule has 1 amide bonds. The number of carbonyl (C=O) groups excluding carboxylic acids is 1. The van der Waals surface area contributed by atoms with E-state index in [1.165, 1.54) is 44.9 Å². The second kappa shape index (κ2) is 7.44. The number of likely N-dealkylation sites (N-methyl/N-ethyl adjacent to an activating group) is 1. The van der Waals surface area contributed by atoms with E-state index >= 15 is 0 Å². The molecular formula is C17H32N2O. The summed E-state index contributed by atoms with van der Waals surface area (Å²) in [5.74, 6) is 2.18. The smallest absolute Gasteiger partial charge is 0.225 e. The SMILES string of the molecule is CCCCC1CCC(C(=O)N(C)C(CN)C2CC2)CC1. The molecular weight excluding hydrogens is 248 g/mol. The monoisotopic (exact) mass is 280 g/mol. The quantitative estimate of drug-likeness (QED) is 0.778. The molecule has 0 aromatic rings. The van der Waals surface area contributed by atoms with E-state index in [1.54, 1.807) is 0 Å². The van der Waals surface area contributed by atoms with Crippen LogP contribution in [0.4, 0.5) is 0 Å². The number of hydrogen-bond acceptors (Lipinski definition) is 2. The van der Waals surface area contributed by atoms with E-state index in [9.17, 15) is 4.79 Å². The lowest BCUT2D eigenvalue weighted by molar-refractivity contribution is -0.138. The molecule has 116 valence electrons. The predicted octanol–water partition coefficient (Wildman–Crippen LogP) is 3.18. The van der Waals surface area contributed by atoms with Crippen molar-refractivity contribution in [2.24, 2.45) is 23.5 Å². The third kappa shape index (κ3) is 3.97. The highest BCUT2D eigenvalue weighted by molar-refractivity contribution is 5.79. The number of carbonyl (C=O) groups is 1. The third-order valence-electron chi connectivity index (χ3n) is 5.41. The first-order valence-electron chi connectivity index (χ1n) is 8.64. The summed E-state index contributed by atoms with van der Waals surface area (Å²) in [7, 11) is 1.97. The van der Waals surface area contributed by atoms with E-state index < -0.39 is 0 Å². The first-order chi connectivity index (χ1) is 9.67. The van der Waals surface area contributed by atoms with Gasteiger partial charge in [0.1, 0.15) is 0 Å². The zero-order valence-electron chi connectivity index (χ0n) is 13.3. The Labute approximate surface area is 124 Å². The Balaban J connectivity index is 1.78. The molecule has 2 fully saturated rings. The molecule has 0 radical (unpaired) electrons. The minimum Gasteiger partial charge on any atom is -0.341 e. The Morgan fingerprint density at radius 2 is 1.85 bits per heavy atom. The standard InChI is InChI=1S/C17H32N2O/c1-3-4-5-13-6-8-15(9-7-13)17(20)19(2)16(12-18)14-10-11-14/h13-16H,3-12,18H2,1-2H3. The molecule has 0 heterocycles. The molecule has 3 heteroatoms. The molecule has 1 atom stereocenters. The first-order valence-corrected chi connectivity index (χ1v) is 8.64. The maximum Gasteiger partial charge on any atom is 0.225 e. The molecule has 20 heavy (non-hydrogen) atoms. The third-order valence-corrected chi connectivity index (χ3v) is 5.41. The van der Waals surface area contributed by atoms with E-state index in [1.807, 2.05) is 11.9 Å². The van der Waals surface area contributed by atoms with Crippen molar-refractivity contribution >= 4 is 5.91 Å². The lowest BCUT2D eigenvalue weighted by Crippen LogP contribution is -2.46. The Morgan fingerprint density at radius 1 is 1.20 bits per heavy atom. The molecule has 0 aromatic carbocycles. The van der Waals surface area contributed by atoms with Gasteiger partial charge in [0.2, 0.25) is 5.91 Å². The summed E-state index contributed by atoms with van der Waals surface area (Å²) in [6.45, 7) is 2.88. The molecule has 0 saturated heterocycles. The summed E-state index contributed by atoms with van der Waals surface area (Å²) < 4.78 is 0. The zero-order chi connectivity index (χ0) is 14.5. The summed E-state index contributed by atoms with van der Waals surface area (Å²) in [5.41, 5.74) is 5.86. The molecule has 2 N–H and O–H groups in total. The number of hydrogen-bond donors (Lipinski definition) is 1. The predicted molar refractivity (Wildman–Crippen MR) is 83.3 cm³/mol. The normalized spacial score (nSPS) is 28.1. The van der Waals surface area contributed by atoms with Crippen molar-refractivity contribution in [1.29, 1.82) is 0 Å². The summed E-state index contributed by atoms with van der Waals surface area (Å²) in [6, 6.07) is 0.292. The van der Waals surface area contributed by atoms with Crippen LogP contribution >= 0.6 is 0 Å². The summed E-state index contributed by atoms with van der Waals surface area (Å²) >= 11 is 0. The van der Waals surface area contributed by atoms with Gasteiger partial charge >= 0.3 is 0 Å². The van der Waals surface area contributed by atoms with E-state index in [-0.39, 0.29) is 5.92 Å². The first kappa shape index (κ1) is 15.8. The summed E-state index contributed by atoms with van der Waals surface area (Å²) in [4.78, 5) is 14.6. The van der Waals surface area contributed by atoms with Crippen molar-refractivity contribution < 1.29 is 4.79 Å². The summed E-state index contributed by atoms with van der Waals surface area (Å²) in [5, 5.41) is 0. The molecule has 2 aliphatic rings. The molecule has 0 spiro atoms. The molecule has 0 aliphatic heterocycles. The van der Waals surface area contributed by atoms with Gasteiger partial charge in [-0.15, -0.1) is 0 Å². The van der Waals surface area contributed by atoms with Crippen molar-refractivity contribution in [3.8, 4) is 0 Å². The molecule has 2 saturated carbocycles. The van der Waals surface area contributed by atoms with Crippen molar-refractivity contribution in [3.63, 3.8) is 0 Å². The van der Waals surface area contributed by atoms with Crippen LogP contribution in [0.3, 0.4) is 0 Å². The highest BCUT2D eigenvalue weighted by atomic mass is 16.2. The Kier molecular flexibility index (Phi) is 5.88. The van der Waals surface area contributed by atoms with Gasteiger partial charge in [0.05, 0.1) is 0 Å². The van der Waals surface area contributed by atoms with Crippen LogP contribution in [0.25, 0.3) is 0 Å². The van der Waals surface area contributed by atoms with E-state index in [0.29, 0.717) is 24.4 Å². The van der Waals surface area contributed by atoms with Crippen molar-refractivity contribution in [2.45, 2.75) is 70.8 Å². The largest absolute Gasteiger partial charge is 0.341 e. The molecule has 0 aromatic heterocycles. The second-order valence-corrected chi connectivity index (χ2v) is 6.95. The Hall–Kier alpha value is -0.570. The van der Waals surface area contributed by atoms with E-state index in [2.05, 4.69) is 6.92 Å². The van der Waals surface area contributed by atoms with Gasteiger partial charge in [-0.3, -0.25) is 4.79 Å². The van der Waals surface area contributed by atoms with Gasteiger partial charge in [0, 0.05) is 25.6 Å². The number of nitrogens with zero attached hydrogens (tertiary/aromatic N) is 1. The molecule has 2 rings (SSSR count). The molecule has 3 nitrogen and oxygen atoms in total. The fourth-order valence-corrected chi connectivity index (χ4v) is 3.79. The van der Waals surface area contributed by atoms with Crippen LogP contribution in [-0.2, 0) is 4.79 Å². The zero-order valence-corrected chi connectivity index (χ0v) is 13.3. The second-order valence-electron chi connectivity index (χ2n) is 6.95. The highest BCUT2D eigenvalue weighted by Crippen LogP contribution is 2.37. The van der Waals surface area contributed by atoms with E-state index in [0.717, 1.165) is 18.8 Å². The van der Waals surface area contributed by atoms with Gasteiger partial charge in [0.25, 0.3) is 0 Å². The van der Waals surface area contributed by atoms with Gasteiger partial charge in [-0.2, -0.15) is 0 Å². The fourth-order valence-electron chi connectivity index (χ4n) is 3.79. The van der Waals surface area contributed by atoms with Crippen molar-refractivity contribution in [2.75, 3.05) is 13.6 Å². The Morgan fingerprint density at radius 3 is 2.35 bits per heavy atom. The Bertz CT molecular complexity index is 306. The molecule has 2 aliphatic carbocycles. The van der Waals surface area contributed by atoms with Crippen LogP contribution in [0.2, 0.25) is 0 Å². The van der Waals surface area contributed by atoms with Crippen LogP contribution in [0.5, 0.6) is 0 Å². The van der Waals surface area contributed by atoms with Crippen LogP contribution in [0, 0.1) is 17.8 Å². The van der Waals surface area contributed by atoms with Gasteiger partial charge in [-0.1, -0.05) is 26.2 Å². The summed E-state index contributed by atoms with van der Waals surface area (Å²) in [6.07, 6.45) is 11.2. The maximum absolute atomic E-state index is 12.6. The van der Waals surface area contributed by atoms with Crippen LogP contribution < -0.4 is 5.73 Å². The lowest BCUT2D eigenvalue weighted by Gasteiger charge is -2.34. The van der Waals surface area contributed by atoms with Gasteiger partial charge in [-0.25, -0.2) is 0 Å². The van der Waals surface area contributed by atoms with Crippen LogP contribution in [0.1, 0.15) is 64.7 Å². The number of nitrogens with two attached hydrogens (primary N) is 1. The minimum absolute atomic E-state index is 0.269. The van der Waals surface area contributed by atoms with Gasteiger partial charge in [-0.05, 0) is 50.4 Å². The van der Waals surface area contributed by atoms with Crippen LogP contribution in [-0.4, -0.2) is 30.4 Å². The number of rotatable bonds is 7. The number of amides is 1. The number of unbranched alkanes of at least 4 members (excludes halogenated alkanes) is 1. The lowest BCUT2D eigenvalue weighted by atomic mass is 9.79. The van der Waals surface area contributed by atoms with Gasteiger partial charge < -0.3 is 10.6 Å². The average molecular weight is 280 g/mol. The van der Waals surface area contributed by atoms with E-state index in [4.69, 9.17) is 5.73 Å². The maximum atomic E-state index is 12.6. The molecule has 1 unspecified atom stereocenters. The highest BCUT2D eigenvalue weighted by Gasteiger charge is 2.37. The average Bonchev–Trinajstić information content (AvgIpc) is 3.30. The van der Waals surface area contributed by atoms with Crippen molar-refractivity contribution in [1.82, 2.24) is 4.90 Å². The minimum atomic E-state index is 0.269. The fraction of sp³-hybridized carbons (Fsp3) is 0.941. The molecule has 0 bridgehead atoms. The van der Waals surface area contributed by atoms with Crippen LogP contribution in [0.15, 0.2) is 0 Å². The van der Waals surface area contributed by atoms with Gasteiger partial charge in [0.15, 0.2) is 0 Å². The topological polar surface area (TPSA) is 46.3 Å². The van der Waals surface area contributed by atoms with Crippen molar-refractivity contribution in [3.05, 3.63) is 0 Å².